The van der Waals surface area contributed by atoms with Crippen LogP contribution in [0.25, 0.3) is 10.9 Å². The second-order valence-corrected chi connectivity index (χ2v) is 5.22. The van der Waals surface area contributed by atoms with E-state index in [9.17, 15) is 0 Å². The van der Waals surface area contributed by atoms with E-state index in [1.54, 1.807) is 0 Å². The van der Waals surface area contributed by atoms with E-state index in [0.29, 0.717) is 6.04 Å². The zero-order valence-corrected chi connectivity index (χ0v) is 10.5. The lowest BCUT2D eigenvalue weighted by Gasteiger charge is -2.26. The predicted molar refractivity (Wildman–Crippen MR) is 70.7 cm³/mol. The van der Waals surface area contributed by atoms with Crippen LogP contribution in [0, 0.1) is 0 Å². The average molecular weight is 277 g/mol. The molecule has 0 atom stereocenters. The molecular formula is C13H13BrN2. The normalized spacial score (nSPS) is 16.1. The second-order valence-electron chi connectivity index (χ2n) is 4.31. The van der Waals surface area contributed by atoms with E-state index in [1.165, 1.54) is 24.6 Å². The molecular weight excluding hydrogens is 264 g/mol. The van der Waals surface area contributed by atoms with Gasteiger partial charge >= 0.3 is 0 Å². The highest BCUT2D eigenvalue weighted by Crippen LogP contribution is 2.24. The van der Waals surface area contributed by atoms with Gasteiger partial charge in [-0.15, -0.1) is 0 Å². The first-order chi connectivity index (χ1) is 7.81. The van der Waals surface area contributed by atoms with Crippen LogP contribution in [0.4, 0.5) is 5.82 Å². The SMILES string of the molecule is Brc1ccc2ccc(NC3CCC3)nc2c1. The summed E-state index contributed by atoms with van der Waals surface area (Å²) in [5.74, 6) is 0.996. The molecule has 0 spiro atoms. The maximum atomic E-state index is 4.62. The smallest absolute Gasteiger partial charge is 0.126 e. The molecule has 1 saturated carbocycles. The van der Waals surface area contributed by atoms with E-state index in [1.807, 2.05) is 6.07 Å². The third kappa shape index (κ3) is 1.92. The summed E-state index contributed by atoms with van der Waals surface area (Å²) in [5.41, 5.74) is 1.04. The number of rotatable bonds is 2. The van der Waals surface area contributed by atoms with Crippen LogP contribution in [0.2, 0.25) is 0 Å². The summed E-state index contributed by atoms with van der Waals surface area (Å²) in [4.78, 5) is 4.62. The summed E-state index contributed by atoms with van der Waals surface area (Å²) >= 11 is 3.47. The van der Waals surface area contributed by atoms with E-state index < -0.39 is 0 Å². The number of benzene rings is 1. The van der Waals surface area contributed by atoms with Gasteiger partial charge in [0.15, 0.2) is 0 Å². The number of nitrogens with one attached hydrogen (secondary N) is 1. The summed E-state index contributed by atoms with van der Waals surface area (Å²) in [6.07, 6.45) is 3.90. The topological polar surface area (TPSA) is 24.9 Å². The predicted octanol–water partition coefficient (Wildman–Crippen LogP) is 3.96. The molecule has 1 heterocycles. The number of hydrogen-bond donors (Lipinski definition) is 1. The van der Waals surface area contributed by atoms with Crippen LogP contribution < -0.4 is 5.32 Å². The lowest BCUT2D eigenvalue weighted by Crippen LogP contribution is -2.27. The third-order valence-electron chi connectivity index (χ3n) is 3.11. The Labute approximate surface area is 103 Å². The highest BCUT2D eigenvalue weighted by atomic mass is 79.9. The fraction of sp³-hybridized carbons (Fsp3) is 0.308. The van der Waals surface area contributed by atoms with Crippen LogP contribution in [0.1, 0.15) is 19.3 Å². The Hall–Kier alpha value is -1.09. The maximum absolute atomic E-state index is 4.62. The van der Waals surface area contributed by atoms with Crippen molar-refractivity contribution in [1.82, 2.24) is 4.98 Å². The minimum Gasteiger partial charge on any atom is -0.367 e. The number of hydrogen-bond acceptors (Lipinski definition) is 2. The molecule has 0 radical (unpaired) electrons. The van der Waals surface area contributed by atoms with Gasteiger partial charge in [0, 0.05) is 15.9 Å². The van der Waals surface area contributed by atoms with E-state index >= 15 is 0 Å². The van der Waals surface area contributed by atoms with Gasteiger partial charge in [0.1, 0.15) is 5.82 Å². The number of halogens is 1. The molecule has 1 aromatic heterocycles. The summed E-state index contributed by atoms with van der Waals surface area (Å²) in [5, 5.41) is 4.65. The lowest BCUT2D eigenvalue weighted by atomic mass is 9.93. The van der Waals surface area contributed by atoms with Crippen molar-refractivity contribution in [2.24, 2.45) is 0 Å². The molecule has 2 nitrogen and oxygen atoms in total. The van der Waals surface area contributed by atoms with E-state index in [2.05, 4.69) is 50.5 Å². The van der Waals surface area contributed by atoms with Crippen LogP contribution in [-0.4, -0.2) is 11.0 Å². The van der Waals surface area contributed by atoms with E-state index in [0.717, 1.165) is 15.8 Å². The molecule has 0 bridgehead atoms. The molecule has 1 fully saturated rings. The minimum absolute atomic E-state index is 0.636. The number of aromatic nitrogens is 1. The first kappa shape index (κ1) is 10.1. The minimum atomic E-state index is 0.636. The Morgan fingerprint density at radius 2 is 2.00 bits per heavy atom. The molecule has 1 N–H and O–H groups in total. The Bertz CT molecular complexity index is 520. The van der Waals surface area contributed by atoms with Gasteiger partial charge in [0.25, 0.3) is 0 Å². The largest absolute Gasteiger partial charge is 0.367 e. The third-order valence-corrected chi connectivity index (χ3v) is 3.60. The van der Waals surface area contributed by atoms with Crippen LogP contribution >= 0.6 is 15.9 Å². The molecule has 1 aromatic carbocycles. The highest BCUT2D eigenvalue weighted by molar-refractivity contribution is 9.10. The molecule has 82 valence electrons. The Morgan fingerprint density at radius 3 is 2.75 bits per heavy atom. The number of pyridine rings is 1. The van der Waals surface area contributed by atoms with Gasteiger partial charge in [0.05, 0.1) is 5.52 Å². The number of anilines is 1. The van der Waals surface area contributed by atoms with Gasteiger partial charge in [-0.05, 0) is 43.5 Å². The van der Waals surface area contributed by atoms with Gasteiger partial charge in [-0.2, -0.15) is 0 Å². The first-order valence-electron chi connectivity index (χ1n) is 5.64. The van der Waals surface area contributed by atoms with Gasteiger partial charge in [0.2, 0.25) is 0 Å². The standard InChI is InChI=1S/C13H13BrN2/c14-10-6-4-9-5-7-13(16-12(9)8-10)15-11-2-1-3-11/h4-8,11H,1-3H2,(H,15,16). The van der Waals surface area contributed by atoms with Gasteiger partial charge < -0.3 is 5.32 Å². The van der Waals surface area contributed by atoms with Crippen molar-refractivity contribution in [3.05, 3.63) is 34.8 Å². The van der Waals surface area contributed by atoms with Crippen molar-refractivity contribution in [1.29, 1.82) is 0 Å². The lowest BCUT2D eigenvalue weighted by molar-refractivity contribution is 0.444. The first-order valence-corrected chi connectivity index (χ1v) is 6.43. The molecule has 0 aliphatic heterocycles. The molecule has 0 amide bonds. The van der Waals surface area contributed by atoms with Crippen molar-refractivity contribution >= 4 is 32.7 Å². The Morgan fingerprint density at radius 1 is 1.19 bits per heavy atom. The van der Waals surface area contributed by atoms with Crippen LogP contribution in [-0.2, 0) is 0 Å². The quantitative estimate of drug-likeness (QED) is 0.898. The Kier molecular flexibility index (Phi) is 2.56. The van der Waals surface area contributed by atoms with Crippen LogP contribution in [0.5, 0.6) is 0 Å². The highest BCUT2D eigenvalue weighted by Gasteiger charge is 2.17. The summed E-state index contributed by atoms with van der Waals surface area (Å²) in [7, 11) is 0. The summed E-state index contributed by atoms with van der Waals surface area (Å²) in [6, 6.07) is 11.0. The maximum Gasteiger partial charge on any atom is 0.126 e. The molecule has 3 heteroatoms. The Balaban J connectivity index is 1.94. The van der Waals surface area contributed by atoms with Crippen molar-refractivity contribution in [2.75, 3.05) is 5.32 Å². The number of fused-ring (bicyclic) bond motifs is 1. The van der Waals surface area contributed by atoms with Gasteiger partial charge in [-0.25, -0.2) is 4.98 Å². The molecule has 16 heavy (non-hydrogen) atoms. The zero-order valence-electron chi connectivity index (χ0n) is 8.91. The second kappa shape index (κ2) is 4.06. The zero-order chi connectivity index (χ0) is 11.0. The van der Waals surface area contributed by atoms with Crippen molar-refractivity contribution in [3.63, 3.8) is 0 Å². The van der Waals surface area contributed by atoms with E-state index in [4.69, 9.17) is 0 Å². The molecule has 2 aromatic rings. The average Bonchev–Trinajstić information content (AvgIpc) is 2.23. The molecule has 3 rings (SSSR count). The summed E-state index contributed by atoms with van der Waals surface area (Å²) in [6.45, 7) is 0. The molecule has 0 unspecified atom stereocenters. The van der Waals surface area contributed by atoms with Crippen molar-refractivity contribution in [3.8, 4) is 0 Å². The van der Waals surface area contributed by atoms with E-state index in [-0.39, 0.29) is 0 Å². The molecule has 0 saturated heterocycles. The number of nitrogens with zero attached hydrogens (tertiary/aromatic N) is 1. The fourth-order valence-electron chi connectivity index (χ4n) is 1.93. The monoisotopic (exact) mass is 276 g/mol. The van der Waals surface area contributed by atoms with Crippen molar-refractivity contribution in [2.45, 2.75) is 25.3 Å². The van der Waals surface area contributed by atoms with Crippen molar-refractivity contribution < 1.29 is 0 Å². The summed E-state index contributed by atoms with van der Waals surface area (Å²) < 4.78 is 1.08. The van der Waals surface area contributed by atoms with Crippen LogP contribution in [0.15, 0.2) is 34.8 Å². The van der Waals surface area contributed by atoms with Crippen LogP contribution in [0.3, 0.4) is 0 Å². The van der Waals surface area contributed by atoms with Gasteiger partial charge in [-0.3, -0.25) is 0 Å². The fourth-order valence-corrected chi connectivity index (χ4v) is 2.28. The molecule has 1 aliphatic carbocycles. The molecule has 1 aliphatic rings. The van der Waals surface area contributed by atoms with Gasteiger partial charge in [-0.1, -0.05) is 22.0 Å².